The summed E-state index contributed by atoms with van der Waals surface area (Å²) in [5.41, 5.74) is 2.74. The lowest BCUT2D eigenvalue weighted by Crippen LogP contribution is -2.32. The van der Waals surface area contributed by atoms with Gasteiger partial charge in [0.15, 0.2) is 0 Å². The Morgan fingerprint density at radius 2 is 1.12 bits per heavy atom. The summed E-state index contributed by atoms with van der Waals surface area (Å²) in [5.74, 6) is 0.801. The number of nitrogens with zero attached hydrogens (tertiary/aromatic N) is 4. The van der Waals surface area contributed by atoms with E-state index < -0.39 is 0 Å². The van der Waals surface area contributed by atoms with E-state index in [1.807, 2.05) is 48.5 Å². The van der Waals surface area contributed by atoms with Crippen molar-refractivity contribution < 1.29 is 9.05 Å². The average Bonchev–Trinajstić information content (AvgIpc) is 3.67. The maximum atomic E-state index is 12.1. The van der Waals surface area contributed by atoms with E-state index in [4.69, 9.17) is 9.05 Å². The molecule has 8 rings (SSSR count). The van der Waals surface area contributed by atoms with Crippen LogP contribution in [-0.4, -0.2) is 69.9 Å². The van der Waals surface area contributed by atoms with Gasteiger partial charge in [-0.2, -0.15) is 0 Å². The number of nitrogens with one attached hydrogen (secondary N) is 2. The molecule has 4 aromatic heterocycles. The van der Waals surface area contributed by atoms with Crippen molar-refractivity contribution >= 4 is 43.7 Å². The molecule has 2 saturated heterocycles. The molecule has 0 bridgehead atoms. The first-order valence-corrected chi connectivity index (χ1v) is 15.2. The molecule has 10 nitrogen and oxygen atoms in total. The fourth-order valence-electron chi connectivity index (χ4n) is 6.80. The number of hydrogen-bond donors (Lipinski definition) is 2. The summed E-state index contributed by atoms with van der Waals surface area (Å²) in [7, 11) is 2.14. The molecule has 6 heterocycles. The number of benzene rings is 2. The minimum absolute atomic E-state index is 0.119. The van der Waals surface area contributed by atoms with Crippen LogP contribution >= 0.6 is 0 Å². The second-order valence-corrected chi connectivity index (χ2v) is 11.8. The third-order valence-corrected chi connectivity index (χ3v) is 9.30. The molecule has 0 amide bonds. The molecule has 0 spiro atoms. The van der Waals surface area contributed by atoms with Crippen molar-refractivity contribution in [3.63, 3.8) is 0 Å². The van der Waals surface area contributed by atoms with Crippen LogP contribution in [0.4, 0.5) is 0 Å². The van der Waals surface area contributed by atoms with Crippen molar-refractivity contribution in [2.45, 2.75) is 44.4 Å². The topological polar surface area (TPSA) is 124 Å². The van der Waals surface area contributed by atoms with Crippen LogP contribution in [0.1, 0.15) is 55.8 Å². The van der Waals surface area contributed by atoms with E-state index in [-0.39, 0.29) is 11.1 Å². The number of pyridine rings is 2. The normalized spacial score (nSPS) is 17.6. The van der Waals surface area contributed by atoms with Gasteiger partial charge in [-0.3, -0.25) is 19.6 Å². The molecule has 10 heteroatoms. The molecule has 0 unspecified atom stereocenters. The summed E-state index contributed by atoms with van der Waals surface area (Å²) < 4.78 is 10.8. The van der Waals surface area contributed by atoms with Gasteiger partial charge in [0.1, 0.15) is 0 Å². The second kappa shape index (κ2) is 11.4. The zero-order valence-corrected chi connectivity index (χ0v) is 24.6. The summed E-state index contributed by atoms with van der Waals surface area (Å²) in [6, 6.07) is 15.3. The summed E-state index contributed by atoms with van der Waals surface area (Å²) in [5, 5.41) is 13.8. The summed E-state index contributed by atoms with van der Waals surface area (Å²) >= 11 is 0. The predicted molar refractivity (Wildman–Crippen MR) is 168 cm³/mol. The van der Waals surface area contributed by atoms with Crippen molar-refractivity contribution in [2.24, 2.45) is 0 Å². The Bertz CT molecular complexity index is 2020. The highest BCUT2D eigenvalue weighted by atomic mass is 16.5. The van der Waals surface area contributed by atoms with Gasteiger partial charge < -0.3 is 18.8 Å². The number of likely N-dealkylation sites (tertiary alicyclic amines) is 2. The first kappa shape index (κ1) is 27.5. The minimum Gasteiger partial charge on any atom is -0.337 e. The Morgan fingerprint density at radius 3 is 1.56 bits per heavy atom. The summed E-state index contributed by atoms with van der Waals surface area (Å²) in [4.78, 5) is 34.6. The first-order chi connectivity index (χ1) is 21.0. The highest BCUT2D eigenvalue weighted by Crippen LogP contribution is 2.36. The third kappa shape index (κ3) is 5.04. The van der Waals surface area contributed by atoms with Crippen LogP contribution in [0.2, 0.25) is 0 Å². The molecule has 0 saturated carbocycles. The number of fused-ring (bicyclic) bond motifs is 6. The number of aromatic amines is 2. The van der Waals surface area contributed by atoms with Gasteiger partial charge >= 0.3 is 0 Å². The molecule has 43 heavy (non-hydrogen) atoms. The maximum Gasteiger partial charge on any atom is 0.258 e. The van der Waals surface area contributed by atoms with Crippen LogP contribution in [0.25, 0.3) is 43.7 Å². The zero-order valence-electron chi connectivity index (χ0n) is 24.6. The lowest BCUT2D eigenvalue weighted by Gasteiger charge is -2.30. The maximum absolute atomic E-state index is 12.1. The number of aromatic nitrogens is 4. The number of hydrogen-bond acceptors (Lipinski definition) is 8. The SMILES string of the molecule is CCN1CCC(c2noc3[nH]c(=O)c4ccccc4c23)CC1.CN1CCC(c2noc3[nH]c(=O)c4ccccc4c23)CC1. The molecule has 2 aliphatic rings. The minimum atomic E-state index is -0.121. The van der Waals surface area contributed by atoms with Crippen molar-refractivity contribution in [1.82, 2.24) is 30.1 Å². The average molecular weight is 581 g/mol. The number of piperidine rings is 2. The first-order valence-electron chi connectivity index (χ1n) is 15.2. The van der Waals surface area contributed by atoms with Gasteiger partial charge in [0.2, 0.25) is 11.4 Å². The second-order valence-electron chi connectivity index (χ2n) is 11.8. The third-order valence-electron chi connectivity index (χ3n) is 9.30. The largest absolute Gasteiger partial charge is 0.337 e. The van der Waals surface area contributed by atoms with Crippen LogP contribution in [0, 0.1) is 0 Å². The summed E-state index contributed by atoms with van der Waals surface area (Å²) in [6.45, 7) is 7.63. The van der Waals surface area contributed by atoms with Crippen molar-refractivity contribution in [1.29, 1.82) is 0 Å². The summed E-state index contributed by atoms with van der Waals surface area (Å²) in [6.07, 6.45) is 4.32. The highest BCUT2D eigenvalue weighted by Gasteiger charge is 2.27. The molecular formula is C33H36N6O4. The van der Waals surface area contributed by atoms with Gasteiger partial charge in [0, 0.05) is 33.4 Å². The van der Waals surface area contributed by atoms with Gasteiger partial charge in [0.25, 0.3) is 11.1 Å². The van der Waals surface area contributed by atoms with E-state index in [9.17, 15) is 9.59 Å². The van der Waals surface area contributed by atoms with Crippen molar-refractivity contribution in [2.75, 3.05) is 39.8 Å². The van der Waals surface area contributed by atoms with E-state index in [1.54, 1.807) is 0 Å². The molecule has 2 aromatic carbocycles. The monoisotopic (exact) mass is 580 g/mol. The lowest BCUT2D eigenvalue weighted by atomic mass is 9.91. The number of rotatable bonds is 3. The predicted octanol–water partition coefficient (Wildman–Crippen LogP) is 5.35. The van der Waals surface area contributed by atoms with Gasteiger partial charge in [-0.1, -0.05) is 53.6 Å². The fourth-order valence-corrected chi connectivity index (χ4v) is 6.80. The molecule has 0 aliphatic carbocycles. The standard InChI is InChI=1S/C17H19N3O2.C16H17N3O2/c1-2-20-9-7-11(8-10-20)15-14-12-5-3-4-6-13(12)16(21)18-17(14)22-19-15;1-19-8-6-10(7-9-19)14-13-11-4-2-3-5-12(11)15(20)17-16(13)21-18-14/h3-6,11H,2,7-10H2,1H3,(H,18,21);2-5,10H,6-9H2,1H3,(H,17,20). The highest BCUT2D eigenvalue weighted by molar-refractivity contribution is 6.05. The Kier molecular flexibility index (Phi) is 7.32. The molecule has 6 aromatic rings. The van der Waals surface area contributed by atoms with Gasteiger partial charge in [-0.25, -0.2) is 0 Å². The Morgan fingerprint density at radius 1 is 0.698 bits per heavy atom. The molecule has 0 radical (unpaired) electrons. The van der Waals surface area contributed by atoms with Gasteiger partial charge in [-0.15, -0.1) is 0 Å². The molecule has 2 fully saturated rings. The Hall–Kier alpha value is -4.28. The quantitative estimate of drug-likeness (QED) is 0.287. The van der Waals surface area contributed by atoms with E-state index in [1.165, 1.54) is 0 Å². The lowest BCUT2D eigenvalue weighted by molar-refractivity contribution is 0.219. The van der Waals surface area contributed by atoms with Crippen LogP contribution in [0.15, 0.2) is 67.2 Å². The van der Waals surface area contributed by atoms with Crippen LogP contribution in [0.5, 0.6) is 0 Å². The van der Waals surface area contributed by atoms with Crippen LogP contribution in [-0.2, 0) is 0 Å². The fraction of sp³-hybridized carbons (Fsp3) is 0.394. The number of H-pyrrole nitrogens is 2. The van der Waals surface area contributed by atoms with E-state index in [0.29, 0.717) is 34.0 Å². The van der Waals surface area contributed by atoms with E-state index in [0.717, 1.165) is 91.3 Å². The van der Waals surface area contributed by atoms with E-state index >= 15 is 0 Å². The van der Waals surface area contributed by atoms with Crippen LogP contribution in [0.3, 0.4) is 0 Å². The molecular weight excluding hydrogens is 544 g/mol. The Balaban J connectivity index is 0.000000140. The van der Waals surface area contributed by atoms with Crippen molar-refractivity contribution in [3.8, 4) is 0 Å². The molecule has 2 N–H and O–H groups in total. The van der Waals surface area contributed by atoms with Gasteiger partial charge in [-0.05, 0) is 77.6 Å². The van der Waals surface area contributed by atoms with Gasteiger partial charge in [0.05, 0.1) is 22.2 Å². The van der Waals surface area contributed by atoms with Crippen LogP contribution < -0.4 is 11.1 Å². The smallest absolute Gasteiger partial charge is 0.258 e. The van der Waals surface area contributed by atoms with E-state index in [2.05, 4.69) is 44.1 Å². The van der Waals surface area contributed by atoms with Crippen molar-refractivity contribution in [3.05, 3.63) is 80.6 Å². The molecule has 2 aliphatic heterocycles. The molecule has 0 atom stereocenters. The zero-order chi connectivity index (χ0) is 29.5. The molecule has 222 valence electrons. The Labute approximate surface area is 247 Å².